The zero-order chi connectivity index (χ0) is 21.3. The van der Waals surface area contributed by atoms with Gasteiger partial charge in [0.2, 0.25) is 5.91 Å². The summed E-state index contributed by atoms with van der Waals surface area (Å²) in [4.78, 5) is 38.2. The number of methoxy groups -OCH3 is 1. The van der Waals surface area contributed by atoms with Gasteiger partial charge in [0.15, 0.2) is 0 Å². The average Bonchev–Trinajstić information content (AvgIpc) is 2.60. The number of nitrogens with one attached hydrogen (secondary N) is 1. The minimum atomic E-state index is -0.647. The van der Waals surface area contributed by atoms with E-state index in [-0.39, 0.29) is 18.7 Å². The molecular weight excluding hydrogens is 360 g/mol. The van der Waals surface area contributed by atoms with Crippen LogP contribution in [0.4, 0.5) is 4.79 Å². The van der Waals surface area contributed by atoms with Gasteiger partial charge in [0, 0.05) is 26.1 Å². The Morgan fingerprint density at radius 1 is 1.14 bits per heavy atom. The molecule has 1 aromatic rings. The lowest BCUT2D eigenvalue weighted by atomic mass is 9.95. The van der Waals surface area contributed by atoms with Crippen LogP contribution >= 0.6 is 0 Å². The van der Waals surface area contributed by atoms with Crippen LogP contribution in [0.1, 0.15) is 46.1 Å². The Hall–Kier alpha value is -2.57. The van der Waals surface area contributed by atoms with Crippen molar-refractivity contribution in [2.24, 2.45) is 5.92 Å². The third-order valence-electron chi connectivity index (χ3n) is 4.21. The Morgan fingerprint density at radius 3 is 2.29 bits per heavy atom. The molecule has 0 radical (unpaired) electrons. The summed E-state index contributed by atoms with van der Waals surface area (Å²) in [6.45, 7) is 7.47. The van der Waals surface area contributed by atoms with Gasteiger partial charge in [-0.05, 0) is 39.7 Å². The molecule has 1 rings (SSSR count). The van der Waals surface area contributed by atoms with Gasteiger partial charge in [-0.3, -0.25) is 9.59 Å². The van der Waals surface area contributed by atoms with Crippen LogP contribution in [0.15, 0.2) is 30.3 Å². The van der Waals surface area contributed by atoms with Crippen LogP contribution < -0.4 is 5.32 Å². The fraction of sp³-hybridized carbons (Fsp3) is 0.571. The minimum absolute atomic E-state index is 0.0813. The molecule has 0 spiro atoms. The number of carbonyl (C=O) groups excluding carboxylic acids is 3. The molecule has 7 nitrogen and oxygen atoms in total. The molecule has 7 heteroatoms. The highest BCUT2D eigenvalue weighted by Crippen LogP contribution is 2.16. The smallest absolute Gasteiger partial charge is 0.407 e. The third-order valence-corrected chi connectivity index (χ3v) is 4.21. The summed E-state index contributed by atoms with van der Waals surface area (Å²) in [6, 6.07) is 9.14. The number of alkyl carbamates (subject to hydrolysis) is 1. The molecule has 0 bridgehead atoms. The molecule has 156 valence electrons. The van der Waals surface area contributed by atoms with Gasteiger partial charge >= 0.3 is 12.1 Å². The van der Waals surface area contributed by atoms with E-state index in [4.69, 9.17) is 9.47 Å². The van der Waals surface area contributed by atoms with Crippen LogP contribution in [0.2, 0.25) is 0 Å². The lowest BCUT2D eigenvalue weighted by Gasteiger charge is -2.26. The summed E-state index contributed by atoms with van der Waals surface area (Å²) in [5.41, 5.74) is 0.392. The monoisotopic (exact) mass is 392 g/mol. The van der Waals surface area contributed by atoms with Crippen molar-refractivity contribution in [2.75, 3.05) is 14.2 Å². The summed E-state index contributed by atoms with van der Waals surface area (Å²) in [6.07, 6.45) is -0.174. The maximum Gasteiger partial charge on any atom is 0.407 e. The summed E-state index contributed by atoms with van der Waals surface area (Å²) >= 11 is 0. The van der Waals surface area contributed by atoms with E-state index in [2.05, 4.69) is 5.32 Å². The molecular formula is C21H32N2O5. The second kappa shape index (κ2) is 10.7. The Kier molecular flexibility index (Phi) is 8.96. The Balaban J connectivity index is 2.64. The van der Waals surface area contributed by atoms with Crippen LogP contribution in [0, 0.1) is 5.92 Å². The average molecular weight is 392 g/mol. The van der Waals surface area contributed by atoms with Crippen LogP contribution in [0.5, 0.6) is 0 Å². The predicted molar refractivity (Wildman–Crippen MR) is 106 cm³/mol. The number of benzene rings is 1. The van der Waals surface area contributed by atoms with Crippen molar-refractivity contribution >= 4 is 18.0 Å². The minimum Gasteiger partial charge on any atom is -0.469 e. The molecule has 2 amide bonds. The van der Waals surface area contributed by atoms with Crippen molar-refractivity contribution in [2.45, 2.75) is 58.7 Å². The Bertz CT molecular complexity index is 655. The van der Waals surface area contributed by atoms with E-state index in [1.54, 1.807) is 39.6 Å². The largest absolute Gasteiger partial charge is 0.469 e. The number of ether oxygens (including phenoxy) is 2. The van der Waals surface area contributed by atoms with Gasteiger partial charge in [0.25, 0.3) is 0 Å². The number of hydrogen-bond donors (Lipinski definition) is 1. The van der Waals surface area contributed by atoms with Gasteiger partial charge in [0.05, 0.1) is 13.0 Å². The van der Waals surface area contributed by atoms with E-state index in [9.17, 15) is 14.4 Å². The maximum absolute atomic E-state index is 12.5. The summed E-state index contributed by atoms with van der Waals surface area (Å²) < 4.78 is 10.1. The topological polar surface area (TPSA) is 84.9 Å². The quantitative estimate of drug-likeness (QED) is 0.687. The van der Waals surface area contributed by atoms with E-state index >= 15 is 0 Å². The van der Waals surface area contributed by atoms with Crippen molar-refractivity contribution < 1.29 is 23.9 Å². The molecule has 0 saturated carbocycles. The zero-order valence-corrected chi connectivity index (χ0v) is 17.7. The first-order chi connectivity index (χ1) is 13.0. The first-order valence-electron chi connectivity index (χ1n) is 9.38. The molecule has 0 aliphatic heterocycles. The van der Waals surface area contributed by atoms with E-state index in [1.807, 2.05) is 30.3 Å². The molecule has 1 N–H and O–H groups in total. The van der Waals surface area contributed by atoms with Gasteiger partial charge < -0.3 is 19.7 Å². The molecule has 1 aromatic carbocycles. The van der Waals surface area contributed by atoms with Gasteiger partial charge in [-0.25, -0.2) is 4.79 Å². The number of nitrogens with zero attached hydrogens (tertiary/aromatic N) is 1. The van der Waals surface area contributed by atoms with Gasteiger partial charge in [-0.2, -0.15) is 0 Å². The van der Waals surface area contributed by atoms with Crippen molar-refractivity contribution in [3.63, 3.8) is 0 Å². The lowest BCUT2D eigenvalue weighted by molar-refractivity contribution is -0.146. The molecule has 0 fully saturated rings. The molecule has 0 heterocycles. The van der Waals surface area contributed by atoms with E-state index in [0.29, 0.717) is 6.54 Å². The summed E-state index contributed by atoms with van der Waals surface area (Å²) in [5, 5.41) is 2.66. The van der Waals surface area contributed by atoms with Crippen molar-refractivity contribution in [1.29, 1.82) is 0 Å². The normalized spacial score (nSPS) is 13.2. The molecule has 0 saturated heterocycles. The van der Waals surface area contributed by atoms with Crippen LogP contribution in [0.3, 0.4) is 0 Å². The van der Waals surface area contributed by atoms with E-state index < -0.39 is 29.6 Å². The standard InChI is InChI=1S/C21H32N2O5/c1-15(22-20(26)28-21(2,3)4)17(19(25)27-6)12-13-18(24)23(5)14-16-10-8-7-9-11-16/h7-11,15,17H,12-14H2,1-6H3,(H,22,26)/t15?,17-/m1/s1. The van der Waals surface area contributed by atoms with Crippen molar-refractivity contribution in [3.8, 4) is 0 Å². The fourth-order valence-corrected chi connectivity index (χ4v) is 2.73. The molecule has 0 aliphatic carbocycles. The first-order valence-corrected chi connectivity index (χ1v) is 9.38. The Morgan fingerprint density at radius 2 is 1.75 bits per heavy atom. The third kappa shape index (κ3) is 8.41. The first kappa shape index (κ1) is 23.5. The molecule has 0 aliphatic rings. The number of carbonyl (C=O) groups is 3. The predicted octanol–water partition coefficient (Wildman–Crippen LogP) is 3.13. The summed E-state index contributed by atoms with van der Waals surface area (Å²) in [7, 11) is 3.02. The van der Waals surface area contributed by atoms with Crippen molar-refractivity contribution in [1.82, 2.24) is 10.2 Å². The van der Waals surface area contributed by atoms with Gasteiger partial charge in [-0.1, -0.05) is 30.3 Å². The lowest BCUT2D eigenvalue weighted by Crippen LogP contribution is -2.44. The number of amides is 2. The zero-order valence-electron chi connectivity index (χ0n) is 17.7. The SMILES string of the molecule is COC(=O)[C@H](CCC(=O)N(C)Cc1ccccc1)C(C)NC(=O)OC(C)(C)C. The molecule has 1 unspecified atom stereocenters. The van der Waals surface area contributed by atoms with E-state index in [0.717, 1.165) is 5.56 Å². The number of rotatable bonds is 8. The molecule has 2 atom stereocenters. The Labute approximate surface area is 167 Å². The molecule has 0 aromatic heterocycles. The van der Waals surface area contributed by atoms with Gasteiger partial charge in [-0.15, -0.1) is 0 Å². The fourth-order valence-electron chi connectivity index (χ4n) is 2.73. The van der Waals surface area contributed by atoms with Crippen LogP contribution in [-0.4, -0.2) is 48.7 Å². The summed E-state index contributed by atoms with van der Waals surface area (Å²) in [5.74, 6) is -1.20. The maximum atomic E-state index is 12.5. The highest BCUT2D eigenvalue weighted by molar-refractivity contribution is 5.78. The van der Waals surface area contributed by atoms with Crippen LogP contribution in [-0.2, 0) is 25.6 Å². The van der Waals surface area contributed by atoms with Crippen molar-refractivity contribution in [3.05, 3.63) is 35.9 Å². The molecule has 28 heavy (non-hydrogen) atoms. The van der Waals surface area contributed by atoms with E-state index in [1.165, 1.54) is 7.11 Å². The second-order valence-electron chi connectivity index (χ2n) is 7.84. The van der Waals surface area contributed by atoms with Gasteiger partial charge in [0.1, 0.15) is 5.60 Å². The highest BCUT2D eigenvalue weighted by Gasteiger charge is 2.29. The number of esters is 1. The van der Waals surface area contributed by atoms with Crippen LogP contribution in [0.25, 0.3) is 0 Å². The second-order valence-corrected chi connectivity index (χ2v) is 7.84. The highest BCUT2D eigenvalue weighted by atomic mass is 16.6. The number of hydrogen-bond acceptors (Lipinski definition) is 5.